The first-order valence-electron chi connectivity index (χ1n) is 6.11. The standard InChI is InChI=1S/C12H26N2O/c1-5-8-14(9-6-2)10-7-12(15)13-11(3)4/h11H,5-10H2,1-4H3,(H,13,15). The maximum absolute atomic E-state index is 11.4. The van der Waals surface area contributed by atoms with E-state index in [2.05, 4.69) is 24.1 Å². The zero-order valence-electron chi connectivity index (χ0n) is 10.7. The van der Waals surface area contributed by atoms with Crippen molar-refractivity contribution in [1.29, 1.82) is 0 Å². The predicted molar refractivity (Wildman–Crippen MR) is 64.9 cm³/mol. The highest BCUT2D eigenvalue weighted by Gasteiger charge is 2.07. The van der Waals surface area contributed by atoms with Gasteiger partial charge in [-0.25, -0.2) is 0 Å². The Morgan fingerprint density at radius 1 is 1.13 bits per heavy atom. The first kappa shape index (κ1) is 14.4. The van der Waals surface area contributed by atoms with Gasteiger partial charge in [0.15, 0.2) is 0 Å². The summed E-state index contributed by atoms with van der Waals surface area (Å²) in [5, 5.41) is 2.92. The number of nitrogens with zero attached hydrogens (tertiary/aromatic N) is 1. The van der Waals surface area contributed by atoms with E-state index in [4.69, 9.17) is 0 Å². The molecule has 0 heterocycles. The van der Waals surface area contributed by atoms with E-state index in [1.54, 1.807) is 0 Å². The van der Waals surface area contributed by atoms with Crippen LogP contribution in [0.2, 0.25) is 0 Å². The van der Waals surface area contributed by atoms with Gasteiger partial charge >= 0.3 is 0 Å². The molecule has 90 valence electrons. The lowest BCUT2D eigenvalue weighted by atomic mass is 10.3. The van der Waals surface area contributed by atoms with E-state index in [9.17, 15) is 4.79 Å². The van der Waals surface area contributed by atoms with Crippen molar-refractivity contribution in [2.75, 3.05) is 19.6 Å². The number of carbonyl (C=O) groups excluding carboxylic acids is 1. The minimum atomic E-state index is 0.169. The second-order valence-electron chi connectivity index (χ2n) is 4.31. The van der Waals surface area contributed by atoms with E-state index >= 15 is 0 Å². The molecule has 0 atom stereocenters. The maximum atomic E-state index is 11.4. The first-order chi connectivity index (χ1) is 7.10. The summed E-state index contributed by atoms with van der Waals surface area (Å²) in [5.74, 6) is 0.169. The van der Waals surface area contributed by atoms with Crippen LogP contribution in [-0.4, -0.2) is 36.5 Å². The van der Waals surface area contributed by atoms with Crippen molar-refractivity contribution < 1.29 is 4.79 Å². The van der Waals surface area contributed by atoms with Crippen LogP contribution in [0.3, 0.4) is 0 Å². The third-order valence-corrected chi connectivity index (χ3v) is 2.18. The highest BCUT2D eigenvalue weighted by Crippen LogP contribution is 1.96. The van der Waals surface area contributed by atoms with Gasteiger partial charge in [-0.2, -0.15) is 0 Å². The summed E-state index contributed by atoms with van der Waals surface area (Å²) in [6.45, 7) is 11.4. The summed E-state index contributed by atoms with van der Waals surface area (Å²) in [6.07, 6.45) is 2.94. The van der Waals surface area contributed by atoms with Crippen molar-refractivity contribution in [3.05, 3.63) is 0 Å². The third kappa shape index (κ3) is 8.43. The molecule has 1 amide bonds. The minimum absolute atomic E-state index is 0.169. The van der Waals surface area contributed by atoms with Crippen LogP contribution in [0.1, 0.15) is 47.0 Å². The van der Waals surface area contributed by atoms with Crippen molar-refractivity contribution >= 4 is 5.91 Å². The Morgan fingerprint density at radius 2 is 1.67 bits per heavy atom. The van der Waals surface area contributed by atoms with Crippen molar-refractivity contribution in [2.45, 2.75) is 53.0 Å². The van der Waals surface area contributed by atoms with Crippen molar-refractivity contribution in [1.82, 2.24) is 10.2 Å². The molecule has 0 spiro atoms. The van der Waals surface area contributed by atoms with Crippen molar-refractivity contribution in [3.8, 4) is 0 Å². The lowest BCUT2D eigenvalue weighted by Gasteiger charge is -2.20. The zero-order valence-corrected chi connectivity index (χ0v) is 10.7. The average molecular weight is 214 g/mol. The molecule has 3 heteroatoms. The van der Waals surface area contributed by atoms with Gasteiger partial charge in [-0.15, -0.1) is 0 Å². The van der Waals surface area contributed by atoms with E-state index < -0.39 is 0 Å². The number of carbonyl (C=O) groups is 1. The predicted octanol–water partition coefficient (Wildman–Crippen LogP) is 2.02. The third-order valence-electron chi connectivity index (χ3n) is 2.18. The molecule has 0 rings (SSSR count). The van der Waals surface area contributed by atoms with E-state index in [1.165, 1.54) is 0 Å². The van der Waals surface area contributed by atoms with Gasteiger partial charge in [0.05, 0.1) is 0 Å². The summed E-state index contributed by atoms with van der Waals surface area (Å²) < 4.78 is 0. The summed E-state index contributed by atoms with van der Waals surface area (Å²) in [5.41, 5.74) is 0. The van der Waals surface area contributed by atoms with E-state index in [0.717, 1.165) is 32.5 Å². The van der Waals surface area contributed by atoms with E-state index in [-0.39, 0.29) is 11.9 Å². The highest BCUT2D eigenvalue weighted by molar-refractivity contribution is 5.76. The van der Waals surface area contributed by atoms with Crippen LogP contribution in [0.5, 0.6) is 0 Å². The van der Waals surface area contributed by atoms with Crippen LogP contribution >= 0.6 is 0 Å². The zero-order chi connectivity index (χ0) is 11.7. The van der Waals surface area contributed by atoms with Gasteiger partial charge in [0, 0.05) is 19.0 Å². The average Bonchev–Trinajstić information content (AvgIpc) is 2.14. The fourth-order valence-electron chi connectivity index (χ4n) is 1.62. The molecule has 0 aromatic carbocycles. The molecular weight excluding hydrogens is 188 g/mol. The molecule has 3 nitrogen and oxygen atoms in total. The summed E-state index contributed by atoms with van der Waals surface area (Å²) in [4.78, 5) is 13.8. The van der Waals surface area contributed by atoms with Crippen LogP contribution in [0.25, 0.3) is 0 Å². The second-order valence-corrected chi connectivity index (χ2v) is 4.31. The van der Waals surface area contributed by atoms with Gasteiger partial charge < -0.3 is 10.2 Å². The number of amides is 1. The monoisotopic (exact) mass is 214 g/mol. The van der Waals surface area contributed by atoms with Gasteiger partial charge in [-0.1, -0.05) is 13.8 Å². The molecule has 0 aliphatic rings. The smallest absolute Gasteiger partial charge is 0.221 e. The Hall–Kier alpha value is -0.570. The molecule has 0 radical (unpaired) electrons. The van der Waals surface area contributed by atoms with Gasteiger partial charge in [0.25, 0.3) is 0 Å². The van der Waals surface area contributed by atoms with E-state index in [1.807, 2.05) is 13.8 Å². The Kier molecular flexibility index (Phi) is 8.38. The van der Waals surface area contributed by atoms with Crippen molar-refractivity contribution in [2.24, 2.45) is 0 Å². The quantitative estimate of drug-likeness (QED) is 0.670. The van der Waals surface area contributed by atoms with Gasteiger partial charge in [0.1, 0.15) is 0 Å². The van der Waals surface area contributed by atoms with Gasteiger partial charge in [0.2, 0.25) is 5.91 Å². The molecule has 0 saturated carbocycles. The topological polar surface area (TPSA) is 32.3 Å². The Labute approximate surface area is 94.2 Å². The lowest BCUT2D eigenvalue weighted by molar-refractivity contribution is -0.121. The molecular formula is C12H26N2O. The van der Waals surface area contributed by atoms with E-state index in [0.29, 0.717) is 6.42 Å². The molecule has 0 aromatic heterocycles. The fourth-order valence-corrected chi connectivity index (χ4v) is 1.62. The molecule has 0 aliphatic heterocycles. The molecule has 0 aromatic rings. The van der Waals surface area contributed by atoms with Crippen LogP contribution in [-0.2, 0) is 4.79 Å². The Bertz CT molecular complexity index is 163. The number of rotatable bonds is 8. The molecule has 0 aliphatic carbocycles. The number of hydrogen-bond acceptors (Lipinski definition) is 2. The molecule has 0 unspecified atom stereocenters. The van der Waals surface area contributed by atoms with Crippen LogP contribution in [0.15, 0.2) is 0 Å². The van der Waals surface area contributed by atoms with Gasteiger partial charge in [-0.3, -0.25) is 4.79 Å². The lowest BCUT2D eigenvalue weighted by Crippen LogP contribution is -2.34. The maximum Gasteiger partial charge on any atom is 0.221 e. The van der Waals surface area contributed by atoms with Crippen molar-refractivity contribution in [3.63, 3.8) is 0 Å². The van der Waals surface area contributed by atoms with Crippen LogP contribution in [0.4, 0.5) is 0 Å². The highest BCUT2D eigenvalue weighted by atomic mass is 16.1. The van der Waals surface area contributed by atoms with Gasteiger partial charge in [-0.05, 0) is 39.8 Å². The largest absolute Gasteiger partial charge is 0.354 e. The number of nitrogens with one attached hydrogen (secondary N) is 1. The molecule has 1 N–H and O–H groups in total. The van der Waals surface area contributed by atoms with Crippen LogP contribution < -0.4 is 5.32 Å². The SMILES string of the molecule is CCCN(CCC)CCC(=O)NC(C)C. The summed E-state index contributed by atoms with van der Waals surface area (Å²) >= 11 is 0. The molecule has 0 fully saturated rings. The number of hydrogen-bond donors (Lipinski definition) is 1. The molecule has 0 saturated heterocycles. The Balaban J connectivity index is 3.72. The molecule has 15 heavy (non-hydrogen) atoms. The Morgan fingerprint density at radius 3 is 2.07 bits per heavy atom. The van der Waals surface area contributed by atoms with Crippen LogP contribution in [0, 0.1) is 0 Å². The molecule has 0 bridgehead atoms. The summed E-state index contributed by atoms with van der Waals surface area (Å²) in [6, 6.07) is 0.253. The normalized spacial score (nSPS) is 11.1. The summed E-state index contributed by atoms with van der Waals surface area (Å²) in [7, 11) is 0. The first-order valence-corrected chi connectivity index (χ1v) is 6.11. The fraction of sp³-hybridized carbons (Fsp3) is 0.917. The minimum Gasteiger partial charge on any atom is -0.354 e. The second kappa shape index (κ2) is 8.72.